The summed E-state index contributed by atoms with van der Waals surface area (Å²) in [6, 6.07) is 10.1. The molecule has 1 heteroatoms. The van der Waals surface area contributed by atoms with Crippen molar-refractivity contribution in [2.24, 2.45) is 5.92 Å². The summed E-state index contributed by atoms with van der Waals surface area (Å²) < 4.78 is 0. The molecule has 2 atom stereocenters. The van der Waals surface area contributed by atoms with E-state index in [2.05, 4.69) is 32.9 Å². The highest BCUT2D eigenvalue weighted by Gasteiger charge is 2.19. The van der Waals surface area contributed by atoms with Gasteiger partial charge >= 0.3 is 0 Å². The van der Waals surface area contributed by atoms with Crippen LogP contribution in [0.15, 0.2) is 30.3 Å². The molecule has 1 aromatic carbocycles. The van der Waals surface area contributed by atoms with Gasteiger partial charge in [0.2, 0.25) is 0 Å². The molecular formula is C15H22O. The molecule has 0 heterocycles. The van der Waals surface area contributed by atoms with E-state index in [9.17, 15) is 4.79 Å². The van der Waals surface area contributed by atoms with Gasteiger partial charge in [0.15, 0.2) is 0 Å². The molecule has 88 valence electrons. The summed E-state index contributed by atoms with van der Waals surface area (Å²) in [7, 11) is 0. The Hall–Kier alpha value is -1.11. The van der Waals surface area contributed by atoms with Gasteiger partial charge in [-0.3, -0.25) is 4.79 Å². The van der Waals surface area contributed by atoms with E-state index < -0.39 is 0 Å². The second-order valence-electron chi connectivity index (χ2n) is 4.56. The largest absolute Gasteiger partial charge is 0.299 e. The number of Topliss-reactive ketones (excluding diaryl/α,β-unsaturated/α-hetero) is 1. The van der Waals surface area contributed by atoms with E-state index in [1.807, 2.05) is 18.2 Å². The molecule has 0 aliphatic rings. The third kappa shape index (κ3) is 3.48. The second-order valence-corrected chi connectivity index (χ2v) is 4.56. The van der Waals surface area contributed by atoms with Crippen molar-refractivity contribution in [3.8, 4) is 0 Å². The maximum absolute atomic E-state index is 12.1. The molecule has 1 nitrogen and oxygen atoms in total. The fourth-order valence-electron chi connectivity index (χ4n) is 1.96. The third-order valence-electron chi connectivity index (χ3n) is 3.25. The summed E-state index contributed by atoms with van der Waals surface area (Å²) in [4.78, 5) is 12.1. The van der Waals surface area contributed by atoms with E-state index in [1.165, 1.54) is 5.56 Å². The SMILES string of the molecule is CCC(C)CC(=O)C(CC)c1ccccc1. The number of hydrogen-bond donors (Lipinski definition) is 0. The number of hydrogen-bond acceptors (Lipinski definition) is 1. The van der Waals surface area contributed by atoms with Gasteiger partial charge in [0, 0.05) is 12.3 Å². The molecule has 0 aliphatic heterocycles. The van der Waals surface area contributed by atoms with E-state index in [4.69, 9.17) is 0 Å². The van der Waals surface area contributed by atoms with Crippen LogP contribution in [0, 0.1) is 5.92 Å². The smallest absolute Gasteiger partial charge is 0.140 e. The van der Waals surface area contributed by atoms with E-state index in [1.54, 1.807) is 0 Å². The van der Waals surface area contributed by atoms with Crippen molar-refractivity contribution in [1.29, 1.82) is 0 Å². The Morgan fingerprint density at radius 2 is 1.75 bits per heavy atom. The first kappa shape index (κ1) is 13.0. The van der Waals surface area contributed by atoms with Gasteiger partial charge in [0.25, 0.3) is 0 Å². The van der Waals surface area contributed by atoms with Crippen molar-refractivity contribution in [3.05, 3.63) is 35.9 Å². The zero-order valence-corrected chi connectivity index (χ0v) is 10.6. The number of carbonyl (C=O) groups is 1. The van der Waals surface area contributed by atoms with Crippen LogP contribution in [0.5, 0.6) is 0 Å². The molecule has 2 unspecified atom stereocenters. The first-order chi connectivity index (χ1) is 7.69. The minimum absolute atomic E-state index is 0.0928. The molecular weight excluding hydrogens is 196 g/mol. The van der Waals surface area contributed by atoms with Gasteiger partial charge in [-0.25, -0.2) is 0 Å². The summed E-state index contributed by atoms with van der Waals surface area (Å²) in [5.74, 6) is 0.989. The normalized spacial score (nSPS) is 14.4. The number of rotatable bonds is 6. The van der Waals surface area contributed by atoms with Gasteiger partial charge in [-0.15, -0.1) is 0 Å². The van der Waals surface area contributed by atoms with Gasteiger partial charge in [-0.1, -0.05) is 57.5 Å². The Balaban J connectivity index is 2.71. The van der Waals surface area contributed by atoms with Crippen LogP contribution in [0.25, 0.3) is 0 Å². The van der Waals surface area contributed by atoms with Gasteiger partial charge in [-0.05, 0) is 17.9 Å². The van der Waals surface area contributed by atoms with Crippen molar-refractivity contribution in [1.82, 2.24) is 0 Å². The fraction of sp³-hybridized carbons (Fsp3) is 0.533. The number of ketones is 1. The van der Waals surface area contributed by atoms with Crippen molar-refractivity contribution < 1.29 is 4.79 Å². The number of carbonyl (C=O) groups excluding carboxylic acids is 1. The van der Waals surface area contributed by atoms with Gasteiger partial charge in [0.05, 0.1) is 0 Å². The quantitative estimate of drug-likeness (QED) is 0.700. The highest BCUT2D eigenvalue weighted by Crippen LogP contribution is 2.24. The molecule has 0 bridgehead atoms. The molecule has 0 radical (unpaired) electrons. The van der Waals surface area contributed by atoms with Crippen LogP contribution >= 0.6 is 0 Å². The predicted molar refractivity (Wildman–Crippen MR) is 68.6 cm³/mol. The zero-order chi connectivity index (χ0) is 12.0. The zero-order valence-electron chi connectivity index (χ0n) is 10.6. The summed E-state index contributed by atoms with van der Waals surface area (Å²) >= 11 is 0. The molecule has 16 heavy (non-hydrogen) atoms. The average Bonchev–Trinajstić information content (AvgIpc) is 2.31. The van der Waals surface area contributed by atoms with E-state index >= 15 is 0 Å². The first-order valence-electron chi connectivity index (χ1n) is 6.26. The molecule has 1 rings (SSSR count). The molecule has 0 N–H and O–H groups in total. The lowest BCUT2D eigenvalue weighted by Crippen LogP contribution is -2.14. The highest BCUT2D eigenvalue weighted by molar-refractivity contribution is 5.85. The van der Waals surface area contributed by atoms with Crippen LogP contribution in [0.2, 0.25) is 0 Å². The third-order valence-corrected chi connectivity index (χ3v) is 3.25. The molecule has 0 aromatic heterocycles. The van der Waals surface area contributed by atoms with Crippen molar-refractivity contribution >= 4 is 5.78 Å². The molecule has 0 saturated carbocycles. The summed E-state index contributed by atoms with van der Waals surface area (Å²) in [5.41, 5.74) is 1.17. The molecule has 0 aliphatic carbocycles. The van der Waals surface area contributed by atoms with Crippen LogP contribution in [0.4, 0.5) is 0 Å². The highest BCUT2D eigenvalue weighted by atomic mass is 16.1. The first-order valence-corrected chi connectivity index (χ1v) is 6.26. The lowest BCUT2D eigenvalue weighted by atomic mass is 9.87. The molecule has 0 saturated heterocycles. The van der Waals surface area contributed by atoms with Crippen LogP contribution in [0.3, 0.4) is 0 Å². The Morgan fingerprint density at radius 3 is 2.25 bits per heavy atom. The predicted octanol–water partition coefficient (Wildman–Crippen LogP) is 4.19. The van der Waals surface area contributed by atoms with Gasteiger partial charge < -0.3 is 0 Å². The molecule has 1 aromatic rings. The summed E-state index contributed by atoms with van der Waals surface area (Å²) in [6.45, 7) is 6.38. The Bertz CT molecular complexity index is 315. The van der Waals surface area contributed by atoms with Gasteiger partial charge in [0.1, 0.15) is 5.78 Å². The monoisotopic (exact) mass is 218 g/mol. The maximum atomic E-state index is 12.1. The van der Waals surface area contributed by atoms with Crippen LogP contribution in [-0.4, -0.2) is 5.78 Å². The lowest BCUT2D eigenvalue weighted by Gasteiger charge is -2.16. The Labute approximate surface area is 98.9 Å². The van der Waals surface area contributed by atoms with Crippen molar-refractivity contribution in [3.63, 3.8) is 0 Å². The van der Waals surface area contributed by atoms with Crippen LogP contribution in [0.1, 0.15) is 51.5 Å². The van der Waals surface area contributed by atoms with Gasteiger partial charge in [-0.2, -0.15) is 0 Å². The number of benzene rings is 1. The maximum Gasteiger partial charge on any atom is 0.140 e. The Morgan fingerprint density at radius 1 is 1.12 bits per heavy atom. The standard InChI is InChI=1S/C15H22O/c1-4-12(3)11-15(16)14(5-2)13-9-7-6-8-10-13/h6-10,12,14H,4-5,11H2,1-3H3. The van der Waals surface area contributed by atoms with Crippen LogP contribution < -0.4 is 0 Å². The summed E-state index contributed by atoms with van der Waals surface area (Å²) in [6.07, 6.45) is 2.69. The topological polar surface area (TPSA) is 17.1 Å². The fourth-order valence-corrected chi connectivity index (χ4v) is 1.96. The summed E-state index contributed by atoms with van der Waals surface area (Å²) in [5, 5.41) is 0. The average molecular weight is 218 g/mol. The van der Waals surface area contributed by atoms with Crippen molar-refractivity contribution in [2.75, 3.05) is 0 Å². The molecule has 0 spiro atoms. The lowest BCUT2D eigenvalue weighted by molar-refractivity contribution is -0.121. The second kappa shape index (κ2) is 6.47. The van der Waals surface area contributed by atoms with E-state index in [-0.39, 0.29) is 5.92 Å². The van der Waals surface area contributed by atoms with Crippen molar-refractivity contribution in [2.45, 2.75) is 46.0 Å². The minimum Gasteiger partial charge on any atom is -0.299 e. The molecule has 0 fully saturated rings. The van der Waals surface area contributed by atoms with Crippen LogP contribution in [-0.2, 0) is 4.79 Å². The minimum atomic E-state index is 0.0928. The molecule has 0 amide bonds. The van der Waals surface area contributed by atoms with E-state index in [0.717, 1.165) is 12.8 Å². The van der Waals surface area contributed by atoms with E-state index in [0.29, 0.717) is 18.1 Å². The Kier molecular flexibility index (Phi) is 5.24.